The minimum absolute atomic E-state index is 0.0792. The van der Waals surface area contributed by atoms with Gasteiger partial charge in [0.15, 0.2) is 5.13 Å². The molecule has 1 fully saturated rings. The number of carbonyl (C=O) groups is 2. The van der Waals surface area contributed by atoms with E-state index >= 15 is 0 Å². The zero-order valence-electron chi connectivity index (χ0n) is 16.3. The van der Waals surface area contributed by atoms with Gasteiger partial charge in [-0.15, -0.1) is 11.3 Å². The summed E-state index contributed by atoms with van der Waals surface area (Å²) in [4.78, 5) is 32.9. The quantitative estimate of drug-likeness (QED) is 0.390. The molecule has 29 heavy (non-hydrogen) atoms. The Kier molecular flexibility index (Phi) is 4.80. The number of carbonyl (C=O) groups excluding carboxylic acids is 2. The van der Waals surface area contributed by atoms with Gasteiger partial charge < -0.3 is 5.11 Å². The third-order valence-electron chi connectivity index (χ3n) is 5.11. The fraction of sp³-hybridized carbons (Fsp3) is 0.174. The van der Waals surface area contributed by atoms with Gasteiger partial charge in [-0.2, -0.15) is 0 Å². The standard InChI is InChI=1S/C23H20N2O3S/c1-13-9-11-16(12-10-13)19-18(20(26)17-7-5-4-6-8-17)21(27)22(28)25(19)23-24-14(2)15(3)29-23/h4-12,19,26H,1-3H3/t19-/m0/s1. The van der Waals surface area contributed by atoms with Crippen LogP contribution in [0.3, 0.4) is 0 Å². The number of aliphatic hydroxyl groups is 1. The fourth-order valence-electron chi connectivity index (χ4n) is 3.40. The van der Waals surface area contributed by atoms with Crippen LogP contribution in [0.4, 0.5) is 5.13 Å². The van der Waals surface area contributed by atoms with Crippen molar-refractivity contribution < 1.29 is 14.7 Å². The van der Waals surface area contributed by atoms with Crippen LogP contribution in [0.15, 0.2) is 60.2 Å². The molecule has 2 heterocycles. The maximum atomic E-state index is 13.0. The van der Waals surface area contributed by atoms with Crippen LogP contribution in [0.2, 0.25) is 0 Å². The van der Waals surface area contributed by atoms with Crippen LogP contribution in [0.25, 0.3) is 5.76 Å². The first-order valence-corrected chi connectivity index (χ1v) is 10.1. The van der Waals surface area contributed by atoms with Crippen molar-refractivity contribution in [3.8, 4) is 0 Å². The molecule has 0 aliphatic carbocycles. The molecule has 4 rings (SSSR count). The molecule has 1 aromatic heterocycles. The van der Waals surface area contributed by atoms with Gasteiger partial charge in [0.25, 0.3) is 5.78 Å². The minimum Gasteiger partial charge on any atom is -0.507 e. The fourth-order valence-corrected chi connectivity index (χ4v) is 4.34. The maximum Gasteiger partial charge on any atom is 0.301 e. The number of ketones is 1. The number of hydrogen-bond acceptors (Lipinski definition) is 5. The molecule has 1 aliphatic heterocycles. The Morgan fingerprint density at radius 3 is 2.24 bits per heavy atom. The molecular weight excluding hydrogens is 384 g/mol. The molecule has 0 radical (unpaired) electrons. The molecule has 1 amide bonds. The summed E-state index contributed by atoms with van der Waals surface area (Å²) in [7, 11) is 0. The predicted molar refractivity (Wildman–Crippen MR) is 114 cm³/mol. The number of aliphatic hydroxyl groups excluding tert-OH is 1. The number of aryl methyl sites for hydroxylation is 3. The molecule has 1 saturated heterocycles. The molecule has 1 aliphatic rings. The van der Waals surface area contributed by atoms with Crippen molar-refractivity contribution >= 4 is 33.9 Å². The third kappa shape index (κ3) is 3.25. The van der Waals surface area contributed by atoms with Crippen LogP contribution < -0.4 is 4.90 Å². The van der Waals surface area contributed by atoms with Crippen LogP contribution in [0.5, 0.6) is 0 Å². The zero-order valence-corrected chi connectivity index (χ0v) is 17.2. The third-order valence-corrected chi connectivity index (χ3v) is 6.18. The number of benzene rings is 2. The van der Waals surface area contributed by atoms with Crippen molar-refractivity contribution in [3.05, 3.63) is 87.4 Å². The number of aromatic nitrogens is 1. The minimum atomic E-state index is -0.735. The summed E-state index contributed by atoms with van der Waals surface area (Å²) in [6.07, 6.45) is 0. The summed E-state index contributed by atoms with van der Waals surface area (Å²) in [6.45, 7) is 5.77. The molecule has 146 valence electrons. The number of Topliss-reactive ketones (excluding diaryl/α,β-unsaturated/α-hetero) is 1. The highest BCUT2D eigenvalue weighted by Gasteiger charge is 2.48. The summed E-state index contributed by atoms with van der Waals surface area (Å²) >= 11 is 1.37. The largest absolute Gasteiger partial charge is 0.507 e. The lowest BCUT2D eigenvalue weighted by molar-refractivity contribution is -0.132. The molecule has 0 unspecified atom stereocenters. The number of thiazole rings is 1. The van der Waals surface area contributed by atoms with E-state index in [0.717, 1.165) is 21.7 Å². The molecule has 2 aromatic carbocycles. The zero-order chi connectivity index (χ0) is 20.7. The molecule has 5 nitrogen and oxygen atoms in total. The SMILES string of the molecule is Cc1ccc([C@H]2C(=C(O)c3ccccc3)C(=O)C(=O)N2c2nc(C)c(C)s2)cc1. The number of hydrogen-bond donors (Lipinski definition) is 1. The average Bonchev–Trinajstić information content (AvgIpc) is 3.18. The van der Waals surface area contributed by atoms with E-state index in [2.05, 4.69) is 4.98 Å². The second-order valence-electron chi connectivity index (χ2n) is 7.08. The molecule has 0 bridgehead atoms. The Balaban J connectivity index is 1.95. The van der Waals surface area contributed by atoms with Crippen LogP contribution in [-0.4, -0.2) is 21.8 Å². The number of rotatable bonds is 3. The van der Waals surface area contributed by atoms with Crippen LogP contribution in [-0.2, 0) is 9.59 Å². The lowest BCUT2D eigenvalue weighted by Crippen LogP contribution is -2.29. The highest BCUT2D eigenvalue weighted by Crippen LogP contribution is 2.43. The summed E-state index contributed by atoms with van der Waals surface area (Å²) in [5.74, 6) is -1.56. The first-order valence-electron chi connectivity index (χ1n) is 9.25. The van der Waals surface area contributed by atoms with E-state index in [-0.39, 0.29) is 11.3 Å². The van der Waals surface area contributed by atoms with Gasteiger partial charge in [0.05, 0.1) is 17.3 Å². The summed E-state index contributed by atoms with van der Waals surface area (Å²) < 4.78 is 0. The van der Waals surface area contributed by atoms with Crippen LogP contribution >= 0.6 is 11.3 Å². The highest BCUT2D eigenvalue weighted by atomic mass is 32.1. The van der Waals surface area contributed by atoms with E-state index in [4.69, 9.17) is 0 Å². The number of anilines is 1. The topological polar surface area (TPSA) is 70.5 Å². The van der Waals surface area contributed by atoms with E-state index in [1.165, 1.54) is 16.2 Å². The lowest BCUT2D eigenvalue weighted by Gasteiger charge is -2.23. The Morgan fingerprint density at radius 1 is 1.00 bits per heavy atom. The van der Waals surface area contributed by atoms with E-state index in [9.17, 15) is 14.7 Å². The number of nitrogens with zero attached hydrogens (tertiary/aromatic N) is 2. The average molecular weight is 404 g/mol. The van der Waals surface area contributed by atoms with Gasteiger partial charge in [0.1, 0.15) is 5.76 Å². The molecule has 0 saturated carbocycles. The van der Waals surface area contributed by atoms with Crippen molar-refractivity contribution in [1.29, 1.82) is 0 Å². The first-order chi connectivity index (χ1) is 13.9. The molecule has 3 aromatic rings. The van der Waals surface area contributed by atoms with Gasteiger partial charge in [-0.05, 0) is 26.3 Å². The van der Waals surface area contributed by atoms with E-state index in [0.29, 0.717) is 10.7 Å². The molecule has 1 atom stereocenters. The van der Waals surface area contributed by atoms with Gasteiger partial charge in [0, 0.05) is 10.4 Å². The van der Waals surface area contributed by atoms with Gasteiger partial charge in [0.2, 0.25) is 0 Å². The molecular formula is C23H20N2O3S. The van der Waals surface area contributed by atoms with Crippen molar-refractivity contribution in [2.24, 2.45) is 0 Å². The van der Waals surface area contributed by atoms with Crippen molar-refractivity contribution in [2.75, 3.05) is 4.90 Å². The lowest BCUT2D eigenvalue weighted by atomic mass is 9.95. The van der Waals surface area contributed by atoms with Crippen molar-refractivity contribution in [3.63, 3.8) is 0 Å². The van der Waals surface area contributed by atoms with E-state index < -0.39 is 17.7 Å². The summed E-state index contributed by atoms with van der Waals surface area (Å²) in [5, 5.41) is 11.4. The van der Waals surface area contributed by atoms with Crippen LogP contribution in [0, 0.1) is 20.8 Å². The second-order valence-corrected chi connectivity index (χ2v) is 8.27. The second kappa shape index (κ2) is 7.29. The molecule has 6 heteroatoms. The van der Waals surface area contributed by atoms with E-state index in [1.807, 2.05) is 51.1 Å². The monoisotopic (exact) mass is 404 g/mol. The predicted octanol–water partition coefficient (Wildman–Crippen LogP) is 4.69. The smallest absolute Gasteiger partial charge is 0.301 e. The van der Waals surface area contributed by atoms with Gasteiger partial charge in [-0.25, -0.2) is 4.98 Å². The molecule has 0 spiro atoms. The van der Waals surface area contributed by atoms with Gasteiger partial charge in [-0.1, -0.05) is 60.2 Å². The van der Waals surface area contributed by atoms with Crippen molar-refractivity contribution in [2.45, 2.75) is 26.8 Å². The van der Waals surface area contributed by atoms with Gasteiger partial charge in [-0.3, -0.25) is 14.5 Å². The number of amides is 1. The Bertz CT molecular complexity index is 1110. The summed E-state index contributed by atoms with van der Waals surface area (Å²) in [6, 6.07) is 15.7. The first kappa shape index (κ1) is 19.1. The highest BCUT2D eigenvalue weighted by molar-refractivity contribution is 7.16. The van der Waals surface area contributed by atoms with Crippen molar-refractivity contribution in [1.82, 2.24) is 4.98 Å². The summed E-state index contributed by atoms with van der Waals surface area (Å²) in [5.41, 5.74) is 3.20. The van der Waals surface area contributed by atoms with Crippen LogP contribution in [0.1, 0.15) is 33.3 Å². The maximum absolute atomic E-state index is 13.0. The Morgan fingerprint density at radius 2 is 1.66 bits per heavy atom. The molecule has 1 N–H and O–H groups in total. The van der Waals surface area contributed by atoms with Gasteiger partial charge >= 0.3 is 5.91 Å². The Labute approximate surface area is 173 Å². The Hall–Kier alpha value is -3.25. The van der Waals surface area contributed by atoms with E-state index in [1.54, 1.807) is 24.3 Å². The normalized spacial score (nSPS) is 18.4.